The van der Waals surface area contributed by atoms with Gasteiger partial charge in [-0.1, -0.05) is 0 Å². The molecule has 0 saturated heterocycles. The first-order valence-corrected chi connectivity index (χ1v) is 1.76. The Morgan fingerprint density at radius 3 is 2.00 bits per heavy atom. The number of aliphatic hydroxyl groups is 1. The monoisotopic (exact) mass is 116 g/mol. The number of carboxylic acids is 1. The van der Waals surface area contributed by atoms with Crippen LogP contribution in [0.3, 0.4) is 0 Å². The fraction of sp³-hybridized carbons (Fsp3) is 0. The van der Waals surface area contributed by atoms with Gasteiger partial charge < -0.3 is 10.2 Å². The SMILES string of the molecule is O=C(O)C(=O)C=CO. The largest absolute Gasteiger partial charge is 0.515 e. The van der Waals surface area contributed by atoms with Crippen molar-refractivity contribution >= 4 is 11.8 Å². The summed E-state index contributed by atoms with van der Waals surface area (Å²) >= 11 is 0. The van der Waals surface area contributed by atoms with Gasteiger partial charge in [0.2, 0.25) is 0 Å². The lowest BCUT2D eigenvalue weighted by Gasteiger charge is -1.77. The van der Waals surface area contributed by atoms with Crippen LogP contribution in [0.2, 0.25) is 0 Å². The minimum atomic E-state index is -1.57. The van der Waals surface area contributed by atoms with Crippen LogP contribution >= 0.6 is 0 Å². The zero-order chi connectivity index (χ0) is 6.57. The predicted molar refractivity (Wildman–Crippen MR) is 24.4 cm³/mol. The maximum absolute atomic E-state index is 9.90. The van der Waals surface area contributed by atoms with Crippen LogP contribution in [0.1, 0.15) is 0 Å². The van der Waals surface area contributed by atoms with Crippen molar-refractivity contribution in [2.75, 3.05) is 0 Å². The van der Waals surface area contributed by atoms with Gasteiger partial charge in [-0.05, 0) is 0 Å². The van der Waals surface area contributed by atoms with Crippen molar-refractivity contribution in [1.82, 2.24) is 0 Å². The number of aliphatic carboxylic acids is 1. The lowest BCUT2D eigenvalue weighted by molar-refractivity contribution is -0.146. The van der Waals surface area contributed by atoms with Crippen molar-refractivity contribution in [3.63, 3.8) is 0 Å². The van der Waals surface area contributed by atoms with E-state index in [1.165, 1.54) is 0 Å². The smallest absolute Gasteiger partial charge is 0.376 e. The van der Waals surface area contributed by atoms with Gasteiger partial charge in [0.05, 0.1) is 6.26 Å². The van der Waals surface area contributed by atoms with E-state index in [4.69, 9.17) is 10.2 Å². The van der Waals surface area contributed by atoms with Gasteiger partial charge in [0.15, 0.2) is 0 Å². The van der Waals surface area contributed by atoms with Crippen molar-refractivity contribution in [3.05, 3.63) is 12.3 Å². The number of ketones is 1. The van der Waals surface area contributed by atoms with Gasteiger partial charge in [-0.15, -0.1) is 0 Å². The molecule has 0 saturated carbocycles. The Bertz CT molecular complexity index is 135. The molecule has 0 aromatic rings. The van der Waals surface area contributed by atoms with E-state index in [1.807, 2.05) is 0 Å². The standard InChI is InChI=1S/C4H4O4/c5-2-1-3(6)4(7)8/h1-2,5H,(H,7,8). The Morgan fingerprint density at radius 2 is 1.88 bits per heavy atom. The fourth-order valence-corrected chi connectivity index (χ4v) is 0.139. The number of rotatable bonds is 2. The van der Waals surface area contributed by atoms with Crippen molar-refractivity contribution in [2.24, 2.45) is 0 Å². The molecule has 4 nitrogen and oxygen atoms in total. The van der Waals surface area contributed by atoms with Crippen LogP contribution in [0.25, 0.3) is 0 Å². The van der Waals surface area contributed by atoms with E-state index in [1.54, 1.807) is 0 Å². The first kappa shape index (κ1) is 6.68. The Hall–Kier alpha value is -1.32. The molecule has 8 heavy (non-hydrogen) atoms. The highest BCUT2D eigenvalue weighted by Gasteiger charge is 2.04. The van der Waals surface area contributed by atoms with E-state index in [-0.39, 0.29) is 0 Å². The van der Waals surface area contributed by atoms with Crippen molar-refractivity contribution in [3.8, 4) is 0 Å². The third-order valence-corrected chi connectivity index (χ3v) is 0.437. The average molecular weight is 116 g/mol. The van der Waals surface area contributed by atoms with Crippen molar-refractivity contribution in [2.45, 2.75) is 0 Å². The molecule has 0 radical (unpaired) electrons. The van der Waals surface area contributed by atoms with Crippen LogP contribution in [0, 0.1) is 0 Å². The summed E-state index contributed by atoms with van der Waals surface area (Å²) in [7, 11) is 0. The molecule has 0 heterocycles. The molecular formula is C4H4O4. The molecule has 0 rings (SSSR count). The number of aliphatic hydroxyl groups excluding tert-OH is 1. The Morgan fingerprint density at radius 1 is 1.38 bits per heavy atom. The van der Waals surface area contributed by atoms with Gasteiger partial charge in [-0.25, -0.2) is 4.79 Å². The van der Waals surface area contributed by atoms with Gasteiger partial charge in [-0.2, -0.15) is 0 Å². The summed E-state index contributed by atoms with van der Waals surface area (Å²) in [6.45, 7) is 0. The van der Waals surface area contributed by atoms with E-state index in [9.17, 15) is 9.59 Å². The van der Waals surface area contributed by atoms with Crippen LogP contribution in [0.4, 0.5) is 0 Å². The molecule has 0 bridgehead atoms. The van der Waals surface area contributed by atoms with E-state index in [0.717, 1.165) is 0 Å². The molecule has 0 aliphatic rings. The summed E-state index contributed by atoms with van der Waals surface area (Å²) in [5, 5.41) is 15.6. The Balaban J connectivity index is 3.85. The summed E-state index contributed by atoms with van der Waals surface area (Å²) < 4.78 is 0. The second-order valence-corrected chi connectivity index (χ2v) is 0.985. The summed E-state index contributed by atoms with van der Waals surface area (Å²) in [5.41, 5.74) is 0. The van der Waals surface area contributed by atoms with Crippen molar-refractivity contribution in [1.29, 1.82) is 0 Å². The number of carboxylic acid groups (broad SMARTS) is 1. The van der Waals surface area contributed by atoms with E-state index < -0.39 is 11.8 Å². The van der Waals surface area contributed by atoms with Gasteiger partial charge in [0.1, 0.15) is 0 Å². The molecule has 4 heteroatoms. The number of carbonyl (C=O) groups excluding carboxylic acids is 1. The molecule has 44 valence electrons. The fourth-order valence-electron chi connectivity index (χ4n) is 0.139. The third-order valence-electron chi connectivity index (χ3n) is 0.437. The van der Waals surface area contributed by atoms with Crippen LogP contribution in [-0.2, 0) is 9.59 Å². The zero-order valence-electron chi connectivity index (χ0n) is 3.87. The highest BCUT2D eigenvalue weighted by atomic mass is 16.4. The van der Waals surface area contributed by atoms with Gasteiger partial charge >= 0.3 is 5.97 Å². The van der Waals surface area contributed by atoms with Crippen molar-refractivity contribution < 1.29 is 19.8 Å². The minimum absolute atomic E-state index is 0.385. The first-order valence-electron chi connectivity index (χ1n) is 1.76. The van der Waals surface area contributed by atoms with Crippen LogP contribution < -0.4 is 0 Å². The van der Waals surface area contributed by atoms with Crippen LogP contribution in [-0.4, -0.2) is 22.0 Å². The first-order chi connectivity index (χ1) is 3.68. The topological polar surface area (TPSA) is 74.6 Å². The van der Waals surface area contributed by atoms with E-state index in [2.05, 4.69) is 0 Å². The summed E-state index contributed by atoms with van der Waals surface area (Å²) in [6, 6.07) is 0. The predicted octanol–water partition coefficient (Wildman–Crippen LogP) is -0.288. The number of hydrogen-bond acceptors (Lipinski definition) is 3. The normalized spacial score (nSPS) is 9.50. The minimum Gasteiger partial charge on any atom is -0.515 e. The average Bonchev–Trinajstić information content (AvgIpc) is 1.67. The summed E-state index contributed by atoms with van der Waals surface area (Å²) in [6.07, 6.45) is 0.943. The van der Waals surface area contributed by atoms with Gasteiger partial charge in [0, 0.05) is 6.08 Å². The van der Waals surface area contributed by atoms with Gasteiger partial charge in [-0.3, -0.25) is 4.79 Å². The molecule has 0 aliphatic carbocycles. The van der Waals surface area contributed by atoms with E-state index >= 15 is 0 Å². The molecule has 0 aliphatic heterocycles. The quantitative estimate of drug-likeness (QED) is 0.295. The lowest BCUT2D eigenvalue weighted by Crippen LogP contribution is -2.08. The molecular weight excluding hydrogens is 112 g/mol. The molecule has 0 spiro atoms. The van der Waals surface area contributed by atoms with E-state index in [0.29, 0.717) is 12.3 Å². The molecule has 0 aromatic carbocycles. The molecule has 0 fully saturated rings. The molecule has 0 unspecified atom stereocenters. The molecule has 0 atom stereocenters. The lowest BCUT2D eigenvalue weighted by atomic mass is 10.4. The van der Waals surface area contributed by atoms with Crippen LogP contribution in [0.15, 0.2) is 12.3 Å². The third kappa shape index (κ3) is 1.96. The van der Waals surface area contributed by atoms with Crippen LogP contribution in [0.5, 0.6) is 0 Å². The maximum Gasteiger partial charge on any atom is 0.376 e. The Kier molecular flexibility index (Phi) is 2.33. The second-order valence-electron chi connectivity index (χ2n) is 0.985. The molecule has 2 N–H and O–H groups in total. The second kappa shape index (κ2) is 2.79. The zero-order valence-corrected chi connectivity index (χ0v) is 3.87. The molecule has 0 amide bonds. The highest BCUT2D eigenvalue weighted by molar-refractivity contribution is 6.37. The van der Waals surface area contributed by atoms with Gasteiger partial charge in [0.25, 0.3) is 5.78 Å². The summed E-state index contributed by atoms with van der Waals surface area (Å²) in [4.78, 5) is 19.5. The highest BCUT2D eigenvalue weighted by Crippen LogP contribution is 1.72. The molecule has 0 aromatic heterocycles. The Labute approximate surface area is 45.1 Å². The number of carbonyl (C=O) groups is 2. The maximum atomic E-state index is 9.90. The summed E-state index contributed by atoms with van der Waals surface area (Å²) in [5.74, 6) is -2.71. The number of hydrogen-bond donors (Lipinski definition) is 2.